The lowest BCUT2D eigenvalue weighted by molar-refractivity contribution is 0.141. The Morgan fingerprint density at radius 3 is 3.06 bits per heavy atom. The Kier molecular flexibility index (Phi) is 3.04. The fourth-order valence-corrected chi connectivity index (χ4v) is 2.69. The molecule has 2 N–H and O–H groups in total. The molecule has 0 saturated carbocycles. The molecule has 2 aliphatic rings. The number of ether oxygens (including phenoxy) is 2. The summed E-state index contributed by atoms with van der Waals surface area (Å²) in [5.41, 5.74) is 8.80. The summed E-state index contributed by atoms with van der Waals surface area (Å²) >= 11 is 0. The van der Waals surface area contributed by atoms with Crippen LogP contribution in [0.2, 0.25) is 0 Å². The zero-order valence-electron chi connectivity index (χ0n) is 10.0. The molecule has 0 bridgehead atoms. The van der Waals surface area contributed by atoms with Crippen LogP contribution in [0.5, 0.6) is 5.75 Å². The Morgan fingerprint density at radius 2 is 2.24 bits per heavy atom. The van der Waals surface area contributed by atoms with Crippen LogP contribution in [0.3, 0.4) is 0 Å². The van der Waals surface area contributed by atoms with Crippen molar-refractivity contribution >= 4 is 0 Å². The molecule has 1 aliphatic heterocycles. The first-order valence-electron chi connectivity index (χ1n) is 6.46. The van der Waals surface area contributed by atoms with E-state index in [0.29, 0.717) is 6.61 Å². The van der Waals surface area contributed by atoms with Gasteiger partial charge >= 0.3 is 0 Å². The number of nitrogens with two attached hydrogens (primary N) is 1. The van der Waals surface area contributed by atoms with E-state index in [-0.39, 0.29) is 12.1 Å². The van der Waals surface area contributed by atoms with Crippen LogP contribution >= 0.6 is 0 Å². The molecule has 0 spiro atoms. The fourth-order valence-electron chi connectivity index (χ4n) is 2.69. The molecular formula is C14H19NO2. The highest BCUT2D eigenvalue weighted by Gasteiger charge is 2.20. The summed E-state index contributed by atoms with van der Waals surface area (Å²) in [5, 5.41) is 0. The molecule has 17 heavy (non-hydrogen) atoms. The maximum Gasteiger partial charge on any atom is 0.124 e. The Bertz CT molecular complexity index is 399. The molecule has 1 aromatic carbocycles. The standard InChI is InChI=1S/C14H19NO2/c15-14-3-1-2-10-4-5-11(8-13(10)14)17-12-6-7-16-9-12/h4-5,8,12,14H,1-3,6-7,9,15H2. The maximum absolute atomic E-state index is 6.14. The van der Waals surface area contributed by atoms with Gasteiger partial charge < -0.3 is 15.2 Å². The molecule has 0 radical (unpaired) electrons. The summed E-state index contributed by atoms with van der Waals surface area (Å²) < 4.78 is 11.2. The van der Waals surface area contributed by atoms with Gasteiger partial charge in [-0.25, -0.2) is 0 Å². The van der Waals surface area contributed by atoms with E-state index in [2.05, 4.69) is 18.2 Å². The Balaban J connectivity index is 1.79. The normalized spacial score (nSPS) is 27.8. The van der Waals surface area contributed by atoms with Crippen LogP contribution in [0.15, 0.2) is 18.2 Å². The number of hydrogen-bond donors (Lipinski definition) is 1. The van der Waals surface area contributed by atoms with E-state index >= 15 is 0 Å². The summed E-state index contributed by atoms with van der Waals surface area (Å²) in [4.78, 5) is 0. The Morgan fingerprint density at radius 1 is 1.29 bits per heavy atom. The van der Waals surface area contributed by atoms with Gasteiger partial charge in [-0.1, -0.05) is 6.07 Å². The second-order valence-electron chi connectivity index (χ2n) is 4.96. The number of fused-ring (bicyclic) bond motifs is 1. The van der Waals surface area contributed by atoms with E-state index < -0.39 is 0 Å². The molecule has 1 saturated heterocycles. The molecule has 3 nitrogen and oxygen atoms in total. The zero-order valence-corrected chi connectivity index (χ0v) is 10.0. The minimum atomic E-state index is 0.183. The van der Waals surface area contributed by atoms with Crippen molar-refractivity contribution in [1.82, 2.24) is 0 Å². The van der Waals surface area contributed by atoms with Crippen LogP contribution in [-0.2, 0) is 11.2 Å². The van der Waals surface area contributed by atoms with Gasteiger partial charge in [-0.2, -0.15) is 0 Å². The van der Waals surface area contributed by atoms with Crippen molar-refractivity contribution in [3.8, 4) is 5.75 Å². The third kappa shape index (κ3) is 2.31. The largest absolute Gasteiger partial charge is 0.488 e. The molecule has 0 aromatic heterocycles. The molecule has 92 valence electrons. The zero-order chi connectivity index (χ0) is 11.7. The Labute approximate surface area is 102 Å². The van der Waals surface area contributed by atoms with Crippen LogP contribution in [0, 0.1) is 0 Å². The molecule has 2 atom stereocenters. The lowest BCUT2D eigenvalue weighted by Crippen LogP contribution is -2.19. The molecule has 3 rings (SSSR count). The summed E-state index contributed by atoms with van der Waals surface area (Å²) in [6.45, 7) is 1.53. The molecule has 1 aliphatic carbocycles. The molecule has 1 aromatic rings. The van der Waals surface area contributed by atoms with Gasteiger partial charge in [0.25, 0.3) is 0 Å². The monoisotopic (exact) mass is 233 g/mol. The topological polar surface area (TPSA) is 44.5 Å². The van der Waals surface area contributed by atoms with E-state index in [1.54, 1.807) is 0 Å². The molecule has 1 heterocycles. The van der Waals surface area contributed by atoms with Gasteiger partial charge in [0.15, 0.2) is 0 Å². The highest BCUT2D eigenvalue weighted by Crippen LogP contribution is 2.31. The van der Waals surface area contributed by atoms with Gasteiger partial charge in [0.2, 0.25) is 0 Å². The second kappa shape index (κ2) is 4.67. The van der Waals surface area contributed by atoms with Gasteiger partial charge in [0, 0.05) is 12.5 Å². The first kappa shape index (κ1) is 11.1. The summed E-state index contributed by atoms with van der Waals surface area (Å²) in [6.07, 6.45) is 4.64. The summed E-state index contributed by atoms with van der Waals surface area (Å²) in [7, 11) is 0. The average Bonchev–Trinajstić information content (AvgIpc) is 2.83. The van der Waals surface area contributed by atoms with E-state index in [1.807, 2.05) is 0 Å². The van der Waals surface area contributed by atoms with Gasteiger partial charge in [-0.15, -0.1) is 0 Å². The van der Waals surface area contributed by atoms with E-state index in [4.69, 9.17) is 15.2 Å². The van der Waals surface area contributed by atoms with Crippen LogP contribution in [0.1, 0.15) is 36.4 Å². The SMILES string of the molecule is NC1CCCc2ccc(OC3CCOC3)cc21. The number of benzene rings is 1. The predicted molar refractivity (Wildman–Crippen MR) is 66.2 cm³/mol. The number of aryl methyl sites for hydroxylation is 1. The van der Waals surface area contributed by atoms with Crippen LogP contribution < -0.4 is 10.5 Å². The van der Waals surface area contributed by atoms with E-state index in [1.165, 1.54) is 17.5 Å². The summed E-state index contributed by atoms with van der Waals surface area (Å²) in [6, 6.07) is 6.54. The van der Waals surface area contributed by atoms with Gasteiger partial charge in [-0.3, -0.25) is 0 Å². The highest BCUT2D eigenvalue weighted by molar-refractivity contribution is 5.39. The minimum Gasteiger partial charge on any atom is -0.488 e. The quantitative estimate of drug-likeness (QED) is 0.851. The molecule has 0 amide bonds. The van der Waals surface area contributed by atoms with Crippen molar-refractivity contribution in [2.24, 2.45) is 5.73 Å². The first-order chi connectivity index (χ1) is 8.33. The first-order valence-corrected chi connectivity index (χ1v) is 6.46. The average molecular weight is 233 g/mol. The van der Waals surface area contributed by atoms with E-state index in [9.17, 15) is 0 Å². The lowest BCUT2D eigenvalue weighted by atomic mass is 9.88. The van der Waals surface area contributed by atoms with Crippen molar-refractivity contribution in [1.29, 1.82) is 0 Å². The second-order valence-corrected chi connectivity index (χ2v) is 4.96. The summed E-state index contributed by atoms with van der Waals surface area (Å²) in [5.74, 6) is 0.941. The van der Waals surface area contributed by atoms with Crippen LogP contribution in [0.25, 0.3) is 0 Å². The van der Waals surface area contributed by atoms with Crippen molar-refractivity contribution < 1.29 is 9.47 Å². The third-order valence-electron chi connectivity index (χ3n) is 3.67. The number of hydrogen-bond acceptors (Lipinski definition) is 3. The maximum atomic E-state index is 6.14. The predicted octanol–water partition coefficient (Wildman–Crippen LogP) is 2.19. The molecule has 1 fully saturated rings. The minimum absolute atomic E-state index is 0.183. The lowest BCUT2D eigenvalue weighted by Gasteiger charge is -2.23. The van der Waals surface area contributed by atoms with Crippen molar-refractivity contribution in [2.45, 2.75) is 37.8 Å². The van der Waals surface area contributed by atoms with Crippen molar-refractivity contribution in [3.05, 3.63) is 29.3 Å². The van der Waals surface area contributed by atoms with Crippen LogP contribution in [0.4, 0.5) is 0 Å². The highest BCUT2D eigenvalue weighted by atomic mass is 16.5. The van der Waals surface area contributed by atoms with Gasteiger partial charge in [0.1, 0.15) is 11.9 Å². The molecule has 2 unspecified atom stereocenters. The Hall–Kier alpha value is -1.06. The van der Waals surface area contributed by atoms with Gasteiger partial charge in [0.05, 0.1) is 13.2 Å². The van der Waals surface area contributed by atoms with Gasteiger partial charge in [-0.05, 0) is 42.5 Å². The van der Waals surface area contributed by atoms with Crippen molar-refractivity contribution in [2.75, 3.05) is 13.2 Å². The van der Waals surface area contributed by atoms with Crippen molar-refractivity contribution in [3.63, 3.8) is 0 Å². The van der Waals surface area contributed by atoms with E-state index in [0.717, 1.165) is 31.6 Å². The molecule has 3 heteroatoms. The van der Waals surface area contributed by atoms with Crippen LogP contribution in [-0.4, -0.2) is 19.3 Å². The third-order valence-corrected chi connectivity index (χ3v) is 3.67. The number of rotatable bonds is 2. The smallest absolute Gasteiger partial charge is 0.124 e. The fraction of sp³-hybridized carbons (Fsp3) is 0.571. The molecular weight excluding hydrogens is 214 g/mol.